The molecule has 0 atom stereocenters. The first-order valence-electron chi connectivity index (χ1n) is 10.5. The van der Waals surface area contributed by atoms with Crippen LogP contribution in [0, 0.1) is 11.6 Å². The van der Waals surface area contributed by atoms with Crippen LogP contribution in [0.2, 0.25) is 0 Å². The maximum atomic E-state index is 13.5. The minimum absolute atomic E-state index is 0.0603. The van der Waals surface area contributed by atoms with E-state index in [4.69, 9.17) is 4.98 Å². The molecule has 0 aliphatic heterocycles. The zero-order valence-electron chi connectivity index (χ0n) is 17.0. The second-order valence-corrected chi connectivity index (χ2v) is 8.70. The van der Waals surface area contributed by atoms with Crippen LogP contribution in [0.5, 0.6) is 0 Å². The van der Waals surface area contributed by atoms with Gasteiger partial charge >= 0.3 is 5.97 Å². The van der Waals surface area contributed by atoms with Gasteiger partial charge in [-0.25, -0.2) is 13.8 Å². The summed E-state index contributed by atoms with van der Waals surface area (Å²) in [4.78, 5) is 18.2. The zero-order valence-corrected chi connectivity index (χ0v) is 17.8. The summed E-state index contributed by atoms with van der Waals surface area (Å²) >= 11 is 1.49. The predicted molar refractivity (Wildman–Crippen MR) is 118 cm³/mol. The highest BCUT2D eigenvalue weighted by Gasteiger charge is 2.27. The molecule has 1 aliphatic rings. The Morgan fingerprint density at radius 1 is 1.03 bits per heavy atom. The number of carboxylic acids is 1. The molecular formula is C24H24F2N2O2S. The Balaban J connectivity index is 1.69. The predicted octanol–water partition coefficient (Wildman–Crippen LogP) is 5.83. The van der Waals surface area contributed by atoms with Crippen molar-refractivity contribution < 1.29 is 18.7 Å². The topological polar surface area (TPSA) is 53.4 Å². The molecule has 0 spiro atoms. The molecule has 1 heterocycles. The van der Waals surface area contributed by atoms with Crippen LogP contribution in [0.1, 0.15) is 54.8 Å². The summed E-state index contributed by atoms with van der Waals surface area (Å²) in [6.07, 6.45) is 4.41. The van der Waals surface area contributed by atoms with Crippen molar-refractivity contribution in [1.29, 1.82) is 0 Å². The van der Waals surface area contributed by atoms with E-state index < -0.39 is 5.97 Å². The van der Waals surface area contributed by atoms with Gasteiger partial charge in [0.25, 0.3) is 0 Å². The Bertz CT molecular complexity index is 969. The number of thiazole rings is 1. The molecule has 31 heavy (non-hydrogen) atoms. The average Bonchev–Trinajstić information content (AvgIpc) is 3.44. The number of halogens is 2. The van der Waals surface area contributed by atoms with Crippen molar-refractivity contribution in [3.63, 3.8) is 0 Å². The molecule has 1 saturated carbocycles. The number of aliphatic carboxylic acids is 1. The first-order valence-corrected chi connectivity index (χ1v) is 11.3. The molecule has 2 aromatic carbocycles. The van der Waals surface area contributed by atoms with Gasteiger partial charge in [-0.3, -0.25) is 4.79 Å². The van der Waals surface area contributed by atoms with Crippen molar-refractivity contribution in [1.82, 2.24) is 4.98 Å². The van der Waals surface area contributed by atoms with E-state index in [0.29, 0.717) is 12.6 Å². The lowest BCUT2D eigenvalue weighted by Crippen LogP contribution is -2.35. The number of anilines is 1. The Hall–Kier alpha value is -2.80. The first-order chi connectivity index (χ1) is 15.0. The number of carboxylic acid groups (broad SMARTS) is 1. The third kappa shape index (κ3) is 5.10. The number of hydrogen-bond acceptors (Lipinski definition) is 4. The fourth-order valence-electron chi connectivity index (χ4n) is 4.25. The van der Waals surface area contributed by atoms with Crippen LogP contribution in [0.15, 0.2) is 53.9 Å². The van der Waals surface area contributed by atoms with Gasteiger partial charge in [0.15, 0.2) is 5.13 Å². The van der Waals surface area contributed by atoms with Crippen LogP contribution >= 0.6 is 11.3 Å². The quantitative estimate of drug-likeness (QED) is 0.477. The van der Waals surface area contributed by atoms with Crippen LogP contribution in [-0.4, -0.2) is 28.6 Å². The number of nitrogens with zero attached hydrogens (tertiary/aromatic N) is 2. The van der Waals surface area contributed by atoms with Gasteiger partial charge in [-0.15, -0.1) is 11.3 Å². The van der Waals surface area contributed by atoms with E-state index in [1.54, 1.807) is 24.3 Å². The minimum Gasteiger partial charge on any atom is -0.481 e. The third-order valence-corrected chi connectivity index (χ3v) is 6.69. The van der Waals surface area contributed by atoms with Crippen LogP contribution in [0.25, 0.3) is 0 Å². The summed E-state index contributed by atoms with van der Waals surface area (Å²) in [6.45, 7) is 0.421. The smallest absolute Gasteiger partial charge is 0.305 e. The van der Waals surface area contributed by atoms with Gasteiger partial charge in [0.05, 0.1) is 18.0 Å². The van der Waals surface area contributed by atoms with Crippen LogP contribution in [0.3, 0.4) is 0 Å². The summed E-state index contributed by atoms with van der Waals surface area (Å²) in [5, 5.41) is 12.0. The maximum Gasteiger partial charge on any atom is 0.305 e. The van der Waals surface area contributed by atoms with E-state index in [1.165, 1.54) is 35.6 Å². The van der Waals surface area contributed by atoms with E-state index in [9.17, 15) is 18.7 Å². The molecular weight excluding hydrogens is 418 g/mol. The molecule has 0 amide bonds. The molecule has 0 radical (unpaired) electrons. The molecule has 1 N–H and O–H groups in total. The van der Waals surface area contributed by atoms with Crippen LogP contribution in [-0.2, 0) is 4.79 Å². The summed E-state index contributed by atoms with van der Waals surface area (Å²) < 4.78 is 27.0. The summed E-state index contributed by atoms with van der Waals surface area (Å²) in [6, 6.07) is 12.8. The van der Waals surface area contributed by atoms with Crippen molar-refractivity contribution in [3.8, 4) is 0 Å². The van der Waals surface area contributed by atoms with Crippen molar-refractivity contribution in [3.05, 3.63) is 82.4 Å². The van der Waals surface area contributed by atoms with Gasteiger partial charge in [-0.05, 0) is 48.2 Å². The van der Waals surface area contributed by atoms with Gasteiger partial charge < -0.3 is 10.0 Å². The normalized spacial score (nSPS) is 14.3. The molecule has 4 nitrogen and oxygen atoms in total. The van der Waals surface area contributed by atoms with Crippen molar-refractivity contribution in [2.45, 2.75) is 44.1 Å². The Morgan fingerprint density at radius 3 is 2.10 bits per heavy atom. The lowest BCUT2D eigenvalue weighted by Gasteiger charge is -2.28. The molecule has 7 heteroatoms. The van der Waals surface area contributed by atoms with Gasteiger partial charge in [0.2, 0.25) is 0 Å². The Kier molecular flexibility index (Phi) is 6.61. The van der Waals surface area contributed by atoms with Crippen molar-refractivity contribution in [2.24, 2.45) is 0 Å². The third-order valence-electron chi connectivity index (χ3n) is 5.79. The molecule has 162 valence electrons. The number of hydrogen-bond donors (Lipinski definition) is 1. The highest BCUT2D eigenvalue weighted by atomic mass is 32.1. The zero-order chi connectivity index (χ0) is 21.8. The van der Waals surface area contributed by atoms with E-state index in [2.05, 4.69) is 4.90 Å². The Morgan fingerprint density at radius 2 is 1.58 bits per heavy atom. The summed E-state index contributed by atoms with van der Waals surface area (Å²) in [5.74, 6) is -1.73. The van der Waals surface area contributed by atoms with E-state index >= 15 is 0 Å². The molecule has 1 fully saturated rings. The number of aromatic nitrogens is 1. The molecule has 0 unspecified atom stereocenters. The van der Waals surface area contributed by atoms with E-state index in [-0.39, 0.29) is 24.0 Å². The molecule has 1 aliphatic carbocycles. The number of carbonyl (C=O) groups is 1. The summed E-state index contributed by atoms with van der Waals surface area (Å²) in [5.41, 5.74) is 2.52. The fraction of sp³-hybridized carbons (Fsp3) is 0.333. The lowest BCUT2D eigenvalue weighted by molar-refractivity contribution is -0.136. The monoisotopic (exact) mass is 442 g/mol. The number of rotatable bonds is 8. The second-order valence-electron chi connectivity index (χ2n) is 7.87. The van der Waals surface area contributed by atoms with E-state index in [1.807, 2.05) is 5.38 Å². The standard InChI is InChI=1S/C24H24F2N2O2S/c25-18-9-5-16(6-10-18)23(17-7-11-19(26)12-8-17)21-15-31-24(27-21)28(14-13-22(29)30)20-3-1-2-4-20/h5-12,15,20,23H,1-4,13-14H2,(H,29,30). The fourth-order valence-corrected chi connectivity index (χ4v) is 5.20. The van der Waals surface area contributed by atoms with Gasteiger partial charge in [0.1, 0.15) is 11.6 Å². The lowest BCUT2D eigenvalue weighted by atomic mass is 9.89. The van der Waals surface area contributed by atoms with Crippen molar-refractivity contribution in [2.75, 3.05) is 11.4 Å². The molecule has 4 rings (SSSR count). The highest BCUT2D eigenvalue weighted by molar-refractivity contribution is 7.13. The van der Waals surface area contributed by atoms with Crippen molar-refractivity contribution >= 4 is 22.4 Å². The molecule has 0 bridgehead atoms. The minimum atomic E-state index is -0.824. The second kappa shape index (κ2) is 9.56. The SMILES string of the molecule is O=C(O)CCN(c1nc(C(c2ccc(F)cc2)c2ccc(F)cc2)cs1)C1CCCC1. The molecule has 1 aromatic heterocycles. The van der Waals surface area contributed by atoms with Gasteiger partial charge in [-0.1, -0.05) is 37.1 Å². The largest absolute Gasteiger partial charge is 0.481 e. The first kappa shape index (κ1) is 21.4. The van der Waals surface area contributed by atoms with Gasteiger partial charge in [0, 0.05) is 18.0 Å². The van der Waals surface area contributed by atoms with Crippen LogP contribution < -0.4 is 4.90 Å². The number of benzene rings is 2. The Labute approximate surface area is 184 Å². The average molecular weight is 443 g/mol. The summed E-state index contributed by atoms with van der Waals surface area (Å²) in [7, 11) is 0. The van der Waals surface area contributed by atoms with Crippen LogP contribution in [0.4, 0.5) is 13.9 Å². The van der Waals surface area contributed by atoms with E-state index in [0.717, 1.165) is 47.6 Å². The maximum absolute atomic E-state index is 13.5. The molecule has 0 saturated heterocycles. The van der Waals surface area contributed by atoms with Gasteiger partial charge in [-0.2, -0.15) is 0 Å². The highest BCUT2D eigenvalue weighted by Crippen LogP contribution is 2.37. The molecule has 3 aromatic rings.